The van der Waals surface area contributed by atoms with E-state index < -0.39 is 11.6 Å². The van der Waals surface area contributed by atoms with Crippen LogP contribution in [-0.2, 0) is 0 Å². The quantitative estimate of drug-likeness (QED) is 0.887. The van der Waals surface area contributed by atoms with Gasteiger partial charge in [-0.1, -0.05) is 12.5 Å². The van der Waals surface area contributed by atoms with Crippen LogP contribution >= 0.6 is 0 Å². The van der Waals surface area contributed by atoms with Crippen molar-refractivity contribution in [3.05, 3.63) is 35.4 Å². The molecular formula is C17H24F2N2. The summed E-state index contributed by atoms with van der Waals surface area (Å²) in [5.74, 6) is -0.334. The molecule has 2 fully saturated rings. The first-order chi connectivity index (χ1) is 10.1. The second-order valence-corrected chi connectivity index (χ2v) is 6.46. The molecule has 1 heterocycles. The Morgan fingerprint density at radius 1 is 1.19 bits per heavy atom. The second kappa shape index (κ2) is 6.41. The van der Waals surface area contributed by atoms with Gasteiger partial charge in [0.1, 0.15) is 11.6 Å². The Balaban J connectivity index is 1.67. The summed E-state index contributed by atoms with van der Waals surface area (Å²) in [7, 11) is 0. The van der Waals surface area contributed by atoms with Crippen molar-refractivity contribution in [2.24, 2.45) is 5.92 Å². The van der Waals surface area contributed by atoms with E-state index in [4.69, 9.17) is 0 Å². The van der Waals surface area contributed by atoms with E-state index in [1.807, 2.05) is 6.92 Å². The predicted octanol–water partition coefficient (Wildman–Crippen LogP) is 3.54. The van der Waals surface area contributed by atoms with E-state index in [2.05, 4.69) is 10.6 Å². The lowest BCUT2D eigenvalue weighted by molar-refractivity contribution is 0.301. The minimum absolute atomic E-state index is 0.0856. The molecule has 1 aliphatic carbocycles. The summed E-state index contributed by atoms with van der Waals surface area (Å²) in [6.07, 6.45) is 6.14. The maximum atomic E-state index is 13.9. The number of benzene rings is 1. The smallest absolute Gasteiger partial charge is 0.130 e. The molecule has 2 nitrogen and oxygen atoms in total. The molecule has 4 heteroatoms. The third-order valence-corrected chi connectivity index (χ3v) is 5.08. The normalized spacial score (nSPS) is 30.7. The van der Waals surface area contributed by atoms with Gasteiger partial charge in [0, 0.05) is 29.8 Å². The molecule has 116 valence electrons. The zero-order valence-electron chi connectivity index (χ0n) is 12.5. The van der Waals surface area contributed by atoms with Gasteiger partial charge in [-0.25, -0.2) is 8.78 Å². The van der Waals surface area contributed by atoms with Crippen molar-refractivity contribution < 1.29 is 8.78 Å². The van der Waals surface area contributed by atoms with Gasteiger partial charge in [-0.3, -0.25) is 0 Å². The van der Waals surface area contributed by atoms with Crippen LogP contribution in [0.5, 0.6) is 0 Å². The average molecular weight is 294 g/mol. The molecule has 0 radical (unpaired) electrons. The minimum atomic E-state index is -0.516. The van der Waals surface area contributed by atoms with Crippen LogP contribution in [0.4, 0.5) is 8.78 Å². The van der Waals surface area contributed by atoms with Gasteiger partial charge in [0.25, 0.3) is 0 Å². The van der Waals surface area contributed by atoms with Crippen LogP contribution in [-0.4, -0.2) is 18.6 Å². The zero-order valence-corrected chi connectivity index (χ0v) is 12.5. The van der Waals surface area contributed by atoms with Crippen molar-refractivity contribution in [3.63, 3.8) is 0 Å². The standard InChI is InChI=1S/C17H24F2N2/c1-11(13-8-7-12(18)10-15(13)19)21-17-5-2-4-14(17)16-6-3-9-20-16/h7-8,10-11,14,16-17,20-21H,2-6,9H2,1H3. The second-order valence-electron chi connectivity index (χ2n) is 6.46. The van der Waals surface area contributed by atoms with Crippen LogP contribution in [0.25, 0.3) is 0 Å². The van der Waals surface area contributed by atoms with Crippen LogP contribution in [0.3, 0.4) is 0 Å². The monoisotopic (exact) mass is 294 g/mol. The van der Waals surface area contributed by atoms with Gasteiger partial charge in [0.05, 0.1) is 0 Å². The van der Waals surface area contributed by atoms with E-state index in [0.717, 1.165) is 19.0 Å². The fourth-order valence-electron chi connectivity index (χ4n) is 4.02. The highest BCUT2D eigenvalue weighted by Gasteiger charge is 2.35. The minimum Gasteiger partial charge on any atom is -0.314 e. The molecule has 2 aliphatic rings. The maximum absolute atomic E-state index is 13.9. The molecule has 1 aliphatic heterocycles. The molecule has 0 bridgehead atoms. The zero-order chi connectivity index (χ0) is 14.8. The highest BCUT2D eigenvalue weighted by atomic mass is 19.1. The molecule has 1 aromatic rings. The topological polar surface area (TPSA) is 24.1 Å². The van der Waals surface area contributed by atoms with E-state index in [-0.39, 0.29) is 6.04 Å². The molecule has 2 N–H and O–H groups in total. The van der Waals surface area contributed by atoms with Crippen LogP contribution < -0.4 is 10.6 Å². The van der Waals surface area contributed by atoms with Crippen molar-refractivity contribution >= 4 is 0 Å². The Kier molecular flexibility index (Phi) is 4.55. The summed E-state index contributed by atoms with van der Waals surface area (Å²) >= 11 is 0. The van der Waals surface area contributed by atoms with Crippen molar-refractivity contribution in [2.45, 2.75) is 57.2 Å². The Labute approximate surface area is 125 Å². The third-order valence-electron chi connectivity index (χ3n) is 5.08. The molecule has 0 amide bonds. The van der Waals surface area contributed by atoms with Crippen molar-refractivity contribution in [3.8, 4) is 0 Å². The van der Waals surface area contributed by atoms with Gasteiger partial charge < -0.3 is 10.6 Å². The lowest BCUT2D eigenvalue weighted by atomic mass is 9.92. The largest absolute Gasteiger partial charge is 0.314 e. The van der Waals surface area contributed by atoms with E-state index in [9.17, 15) is 8.78 Å². The van der Waals surface area contributed by atoms with Gasteiger partial charge in [-0.05, 0) is 51.1 Å². The highest BCUT2D eigenvalue weighted by molar-refractivity contribution is 5.22. The van der Waals surface area contributed by atoms with Crippen LogP contribution in [0.2, 0.25) is 0 Å². The fraction of sp³-hybridized carbons (Fsp3) is 0.647. The summed E-state index contributed by atoms with van der Waals surface area (Å²) in [6, 6.07) is 4.81. The molecule has 0 spiro atoms. The number of rotatable bonds is 4. The molecule has 0 aromatic heterocycles. The van der Waals surface area contributed by atoms with E-state index in [1.165, 1.54) is 31.7 Å². The summed E-state index contributed by atoms with van der Waals surface area (Å²) in [6.45, 7) is 3.09. The molecule has 1 aromatic carbocycles. The van der Waals surface area contributed by atoms with Gasteiger partial charge in [0.15, 0.2) is 0 Å². The van der Waals surface area contributed by atoms with E-state index >= 15 is 0 Å². The summed E-state index contributed by atoms with van der Waals surface area (Å²) in [4.78, 5) is 0. The van der Waals surface area contributed by atoms with Crippen molar-refractivity contribution in [2.75, 3.05) is 6.54 Å². The maximum Gasteiger partial charge on any atom is 0.130 e. The molecule has 1 saturated heterocycles. The lowest BCUT2D eigenvalue weighted by Gasteiger charge is -2.29. The molecule has 3 rings (SSSR count). The lowest BCUT2D eigenvalue weighted by Crippen LogP contribution is -2.43. The average Bonchev–Trinajstić information content (AvgIpc) is 3.08. The van der Waals surface area contributed by atoms with Crippen LogP contribution in [0.15, 0.2) is 18.2 Å². The van der Waals surface area contributed by atoms with E-state index in [0.29, 0.717) is 23.6 Å². The Hall–Kier alpha value is -1.00. The SMILES string of the molecule is CC(NC1CCCC1C1CCCN1)c1ccc(F)cc1F. The fourth-order valence-corrected chi connectivity index (χ4v) is 4.02. The van der Waals surface area contributed by atoms with Crippen molar-refractivity contribution in [1.82, 2.24) is 10.6 Å². The van der Waals surface area contributed by atoms with Gasteiger partial charge in [0.2, 0.25) is 0 Å². The molecule has 1 saturated carbocycles. The van der Waals surface area contributed by atoms with Crippen molar-refractivity contribution in [1.29, 1.82) is 0 Å². The molecular weight excluding hydrogens is 270 g/mol. The first-order valence-electron chi connectivity index (χ1n) is 8.09. The number of hydrogen-bond acceptors (Lipinski definition) is 2. The molecule has 21 heavy (non-hydrogen) atoms. The van der Waals surface area contributed by atoms with Crippen LogP contribution in [0.1, 0.15) is 50.6 Å². The third kappa shape index (κ3) is 3.27. The summed E-state index contributed by atoms with van der Waals surface area (Å²) in [5, 5.41) is 7.18. The number of halogens is 2. The van der Waals surface area contributed by atoms with Crippen LogP contribution in [0, 0.1) is 17.6 Å². The summed E-state index contributed by atoms with van der Waals surface area (Å²) < 4.78 is 26.9. The first kappa shape index (κ1) is 14.9. The predicted molar refractivity (Wildman–Crippen MR) is 80.1 cm³/mol. The highest BCUT2D eigenvalue weighted by Crippen LogP contribution is 2.33. The van der Waals surface area contributed by atoms with E-state index in [1.54, 1.807) is 6.07 Å². The number of hydrogen-bond donors (Lipinski definition) is 2. The Morgan fingerprint density at radius 3 is 2.76 bits per heavy atom. The van der Waals surface area contributed by atoms with Gasteiger partial charge in [-0.2, -0.15) is 0 Å². The Morgan fingerprint density at radius 2 is 2.05 bits per heavy atom. The number of nitrogens with one attached hydrogen (secondary N) is 2. The first-order valence-corrected chi connectivity index (χ1v) is 8.09. The molecule has 4 unspecified atom stereocenters. The molecule has 4 atom stereocenters. The van der Waals surface area contributed by atoms with Gasteiger partial charge >= 0.3 is 0 Å². The Bertz CT molecular complexity index is 486. The summed E-state index contributed by atoms with van der Waals surface area (Å²) in [5.41, 5.74) is 0.557. The van der Waals surface area contributed by atoms with Gasteiger partial charge in [-0.15, -0.1) is 0 Å².